The minimum absolute atomic E-state index is 0.0569. The molecule has 0 aromatic carbocycles. The summed E-state index contributed by atoms with van der Waals surface area (Å²) < 4.78 is 1.81. The molecule has 0 bridgehead atoms. The summed E-state index contributed by atoms with van der Waals surface area (Å²) in [6, 6.07) is 1.99. The summed E-state index contributed by atoms with van der Waals surface area (Å²) in [6.45, 7) is 8.33. The second-order valence-electron chi connectivity index (χ2n) is 4.45. The van der Waals surface area contributed by atoms with Gasteiger partial charge in [-0.3, -0.25) is 0 Å². The average Bonchev–Trinajstić information content (AvgIpc) is 2.41. The van der Waals surface area contributed by atoms with Gasteiger partial charge in [0.25, 0.3) is 5.78 Å². The summed E-state index contributed by atoms with van der Waals surface area (Å²) >= 11 is 0. The first kappa shape index (κ1) is 9.12. The quantitative estimate of drug-likeness (QED) is 0.635. The molecule has 0 saturated heterocycles. The van der Waals surface area contributed by atoms with Gasteiger partial charge in [0.1, 0.15) is 5.82 Å². The van der Waals surface area contributed by atoms with E-state index in [1.54, 1.807) is 6.20 Å². The molecule has 0 atom stereocenters. The van der Waals surface area contributed by atoms with E-state index < -0.39 is 0 Å². The van der Waals surface area contributed by atoms with Gasteiger partial charge in [-0.05, 0) is 13.0 Å². The number of hydrogen-bond donors (Lipinski definition) is 0. The molecule has 2 aromatic rings. The Hall–Kier alpha value is -1.45. The number of fused-ring (bicyclic) bond motifs is 1. The third-order valence-electron chi connectivity index (χ3n) is 2.11. The van der Waals surface area contributed by atoms with Crippen molar-refractivity contribution in [3.05, 3.63) is 23.8 Å². The van der Waals surface area contributed by atoms with E-state index >= 15 is 0 Å². The largest absolute Gasteiger partial charge is 0.252 e. The molecule has 2 rings (SSSR count). The highest BCUT2D eigenvalue weighted by Crippen LogP contribution is 2.21. The van der Waals surface area contributed by atoms with Crippen LogP contribution in [0.25, 0.3) is 5.78 Å². The molecule has 2 heterocycles. The molecule has 0 saturated carbocycles. The molecular formula is C10H14N4. The van der Waals surface area contributed by atoms with Crippen LogP contribution in [0.2, 0.25) is 0 Å². The summed E-state index contributed by atoms with van der Waals surface area (Å²) in [6.07, 6.45) is 1.78. The van der Waals surface area contributed by atoms with E-state index in [0.717, 1.165) is 11.5 Å². The van der Waals surface area contributed by atoms with Crippen LogP contribution >= 0.6 is 0 Å². The number of hydrogen-bond acceptors (Lipinski definition) is 3. The van der Waals surface area contributed by atoms with Crippen molar-refractivity contribution >= 4 is 5.78 Å². The molecule has 0 N–H and O–H groups in total. The first-order chi connectivity index (χ1) is 6.48. The monoisotopic (exact) mass is 190 g/mol. The molecule has 4 heteroatoms. The first-order valence-corrected chi connectivity index (χ1v) is 4.67. The lowest BCUT2D eigenvalue weighted by molar-refractivity contribution is 0.545. The van der Waals surface area contributed by atoms with Crippen LogP contribution in [0, 0.1) is 6.92 Å². The summed E-state index contributed by atoms with van der Waals surface area (Å²) in [4.78, 5) is 8.39. The van der Waals surface area contributed by atoms with Crippen molar-refractivity contribution in [2.24, 2.45) is 0 Å². The topological polar surface area (TPSA) is 43.1 Å². The molecule has 0 aliphatic carbocycles. The van der Waals surface area contributed by atoms with Gasteiger partial charge >= 0.3 is 0 Å². The van der Waals surface area contributed by atoms with Crippen molar-refractivity contribution in [1.82, 2.24) is 19.6 Å². The molecule has 0 amide bonds. The molecule has 0 fully saturated rings. The third-order valence-corrected chi connectivity index (χ3v) is 2.11. The molecule has 0 aliphatic heterocycles. The molecule has 4 nitrogen and oxygen atoms in total. The van der Waals surface area contributed by atoms with Gasteiger partial charge in [0.15, 0.2) is 0 Å². The van der Waals surface area contributed by atoms with E-state index in [1.807, 2.05) is 17.5 Å². The van der Waals surface area contributed by atoms with Crippen LogP contribution in [0.3, 0.4) is 0 Å². The Kier molecular flexibility index (Phi) is 1.80. The van der Waals surface area contributed by atoms with Crippen molar-refractivity contribution in [2.45, 2.75) is 33.1 Å². The van der Waals surface area contributed by atoms with Gasteiger partial charge in [0.05, 0.1) is 5.69 Å². The lowest BCUT2D eigenvalue weighted by Crippen LogP contribution is -2.17. The van der Waals surface area contributed by atoms with Crippen LogP contribution in [0.4, 0.5) is 0 Å². The van der Waals surface area contributed by atoms with E-state index in [2.05, 4.69) is 35.8 Å². The molecular weight excluding hydrogens is 176 g/mol. The first-order valence-electron chi connectivity index (χ1n) is 4.67. The zero-order chi connectivity index (χ0) is 10.3. The van der Waals surface area contributed by atoms with Gasteiger partial charge in [0.2, 0.25) is 0 Å². The Balaban J connectivity index is 2.77. The second kappa shape index (κ2) is 2.77. The number of nitrogens with zero attached hydrogens (tertiary/aromatic N) is 4. The Morgan fingerprint density at radius 2 is 2.00 bits per heavy atom. The second-order valence-corrected chi connectivity index (χ2v) is 4.45. The molecule has 0 unspecified atom stereocenters. The van der Waals surface area contributed by atoms with E-state index in [4.69, 9.17) is 0 Å². The minimum atomic E-state index is 0.0569. The number of aromatic nitrogens is 4. The number of rotatable bonds is 0. The molecule has 2 aromatic heterocycles. The van der Waals surface area contributed by atoms with Gasteiger partial charge < -0.3 is 0 Å². The van der Waals surface area contributed by atoms with E-state index in [1.165, 1.54) is 0 Å². The number of aryl methyl sites for hydroxylation is 1. The van der Waals surface area contributed by atoms with Crippen LogP contribution < -0.4 is 0 Å². The van der Waals surface area contributed by atoms with Crippen molar-refractivity contribution in [2.75, 3.05) is 0 Å². The van der Waals surface area contributed by atoms with Gasteiger partial charge in [-0.25, -0.2) is 9.50 Å². The maximum Gasteiger partial charge on any atom is 0.252 e. The Labute approximate surface area is 83.0 Å². The van der Waals surface area contributed by atoms with Gasteiger partial charge in [-0.15, -0.1) is 0 Å². The Bertz CT molecular complexity index is 464. The summed E-state index contributed by atoms with van der Waals surface area (Å²) in [5, 5.41) is 4.32. The van der Waals surface area contributed by atoms with Gasteiger partial charge in [0, 0.05) is 11.6 Å². The zero-order valence-corrected chi connectivity index (χ0v) is 8.94. The van der Waals surface area contributed by atoms with Crippen LogP contribution in [0.15, 0.2) is 12.3 Å². The zero-order valence-electron chi connectivity index (χ0n) is 8.94. The predicted octanol–water partition coefficient (Wildman–Crippen LogP) is 1.73. The van der Waals surface area contributed by atoms with Crippen molar-refractivity contribution in [3.63, 3.8) is 0 Å². The van der Waals surface area contributed by atoms with Gasteiger partial charge in [-0.2, -0.15) is 10.1 Å². The highest BCUT2D eigenvalue weighted by molar-refractivity contribution is 5.30. The molecule has 0 spiro atoms. The Morgan fingerprint density at radius 1 is 1.29 bits per heavy atom. The lowest BCUT2D eigenvalue weighted by Gasteiger charge is -2.18. The normalized spacial score (nSPS) is 12.3. The standard InChI is InChI=1S/C10H14N4/c1-7-12-9-11-6-5-8(10(2,3)4)14(9)13-7/h5-6H,1-4H3. The average molecular weight is 190 g/mol. The fraction of sp³-hybridized carbons (Fsp3) is 0.500. The third kappa shape index (κ3) is 1.36. The van der Waals surface area contributed by atoms with Crippen molar-refractivity contribution < 1.29 is 0 Å². The fourth-order valence-electron chi connectivity index (χ4n) is 1.46. The highest BCUT2D eigenvalue weighted by atomic mass is 15.3. The maximum absolute atomic E-state index is 4.32. The van der Waals surface area contributed by atoms with Gasteiger partial charge in [-0.1, -0.05) is 20.8 Å². The molecule has 0 radical (unpaired) electrons. The predicted molar refractivity (Wildman–Crippen MR) is 54.2 cm³/mol. The molecule has 74 valence electrons. The summed E-state index contributed by atoms with van der Waals surface area (Å²) in [5.41, 5.74) is 1.18. The van der Waals surface area contributed by atoms with E-state index in [9.17, 15) is 0 Å². The summed E-state index contributed by atoms with van der Waals surface area (Å²) in [7, 11) is 0. The van der Waals surface area contributed by atoms with E-state index in [0.29, 0.717) is 5.78 Å². The lowest BCUT2D eigenvalue weighted by atomic mass is 9.92. The fourth-order valence-corrected chi connectivity index (χ4v) is 1.46. The van der Waals surface area contributed by atoms with Crippen molar-refractivity contribution in [1.29, 1.82) is 0 Å². The van der Waals surface area contributed by atoms with Crippen LogP contribution in [-0.4, -0.2) is 19.6 Å². The smallest absolute Gasteiger partial charge is 0.220 e. The van der Waals surface area contributed by atoms with E-state index in [-0.39, 0.29) is 5.41 Å². The maximum atomic E-state index is 4.32. The highest BCUT2D eigenvalue weighted by Gasteiger charge is 2.18. The summed E-state index contributed by atoms with van der Waals surface area (Å²) in [5.74, 6) is 1.43. The SMILES string of the molecule is Cc1nc2nccc(C(C)(C)C)n2n1. The van der Waals surface area contributed by atoms with Crippen LogP contribution in [0.5, 0.6) is 0 Å². The van der Waals surface area contributed by atoms with Crippen LogP contribution in [0.1, 0.15) is 32.3 Å². The van der Waals surface area contributed by atoms with Crippen molar-refractivity contribution in [3.8, 4) is 0 Å². The Morgan fingerprint density at radius 3 is 2.64 bits per heavy atom. The molecule has 0 aliphatic rings. The molecule has 14 heavy (non-hydrogen) atoms. The van der Waals surface area contributed by atoms with Crippen LogP contribution in [-0.2, 0) is 5.41 Å². The minimum Gasteiger partial charge on any atom is -0.220 e.